The van der Waals surface area contributed by atoms with Gasteiger partial charge in [0.2, 0.25) is 0 Å². The second-order valence-electron chi connectivity index (χ2n) is 5.11. The fraction of sp³-hybridized carbons (Fsp3) is 0.429. The summed E-state index contributed by atoms with van der Waals surface area (Å²) in [6, 6.07) is 0. The van der Waals surface area contributed by atoms with Crippen LogP contribution >= 0.6 is 0 Å². The zero-order valence-corrected chi connectivity index (χ0v) is 11.2. The molecule has 0 spiro atoms. The Kier molecular flexibility index (Phi) is 2.59. The first-order valence-corrected chi connectivity index (χ1v) is 8.79. The molecule has 0 fully saturated rings. The number of hydrogen-bond donors (Lipinski definition) is 0. The summed E-state index contributed by atoms with van der Waals surface area (Å²) in [6.07, 6.45) is 11.9. The third kappa shape index (κ3) is 1.69. The van der Waals surface area contributed by atoms with E-state index in [-0.39, 0.29) is 0 Å². The number of hydrogen-bond acceptors (Lipinski definition) is 0. The van der Waals surface area contributed by atoms with Gasteiger partial charge in [-0.25, -0.2) is 0 Å². The summed E-state index contributed by atoms with van der Waals surface area (Å²) in [5, 5.41) is 3.31. The fourth-order valence-corrected chi connectivity index (χ4v) is 6.61. The van der Waals surface area contributed by atoms with Crippen LogP contribution in [0.5, 0.6) is 0 Å². The first-order chi connectivity index (χ1) is 7.03. The van der Waals surface area contributed by atoms with Crippen molar-refractivity contribution in [1.82, 2.24) is 0 Å². The Labute approximate surface area is 94.1 Å². The van der Waals surface area contributed by atoms with Crippen molar-refractivity contribution in [3.63, 3.8) is 0 Å². The van der Waals surface area contributed by atoms with Crippen molar-refractivity contribution in [2.75, 3.05) is 0 Å². The van der Waals surface area contributed by atoms with E-state index in [1.165, 1.54) is 11.1 Å². The molecule has 0 nitrogen and oxygen atoms in total. The molecule has 0 atom stereocenters. The van der Waals surface area contributed by atoms with Gasteiger partial charge in [-0.3, -0.25) is 0 Å². The fourth-order valence-electron chi connectivity index (χ4n) is 2.89. The van der Waals surface area contributed by atoms with Crippen molar-refractivity contribution < 1.29 is 0 Å². The average molecular weight is 216 g/mol. The standard InChI is InChI=1S/C14H20Si/c1-11-7-5-9-13(11)15(3,4)14-10-6-8-12(14)2/h7-10H,5-6H2,1-4H3. The number of rotatable bonds is 2. The topological polar surface area (TPSA) is 0 Å². The molecule has 0 radical (unpaired) electrons. The van der Waals surface area contributed by atoms with E-state index in [9.17, 15) is 0 Å². The van der Waals surface area contributed by atoms with Crippen LogP contribution in [0.15, 0.2) is 45.8 Å². The maximum atomic E-state index is 2.48. The molecule has 0 bridgehead atoms. The van der Waals surface area contributed by atoms with E-state index in [2.05, 4.69) is 51.2 Å². The van der Waals surface area contributed by atoms with Gasteiger partial charge in [-0.1, -0.05) is 58.9 Å². The highest BCUT2D eigenvalue weighted by molar-refractivity contribution is 6.92. The van der Waals surface area contributed by atoms with E-state index in [1.807, 2.05) is 0 Å². The number of allylic oxidation sites excluding steroid dienone is 8. The van der Waals surface area contributed by atoms with Crippen molar-refractivity contribution in [2.24, 2.45) is 0 Å². The highest BCUT2D eigenvalue weighted by atomic mass is 28.3. The molecule has 0 amide bonds. The SMILES string of the molecule is CC1=CCC=C1[Si](C)(C)C1=CCC=C1C. The van der Waals surface area contributed by atoms with Crippen LogP contribution in [0, 0.1) is 0 Å². The summed E-state index contributed by atoms with van der Waals surface area (Å²) in [7, 11) is -1.38. The van der Waals surface area contributed by atoms with Gasteiger partial charge in [-0.15, -0.1) is 0 Å². The Morgan fingerprint density at radius 3 is 1.47 bits per heavy atom. The van der Waals surface area contributed by atoms with Gasteiger partial charge in [0.25, 0.3) is 0 Å². The summed E-state index contributed by atoms with van der Waals surface area (Å²) in [4.78, 5) is 0. The summed E-state index contributed by atoms with van der Waals surface area (Å²) >= 11 is 0. The lowest BCUT2D eigenvalue weighted by molar-refractivity contribution is 1.42. The molecule has 80 valence electrons. The van der Waals surface area contributed by atoms with Crippen molar-refractivity contribution >= 4 is 8.07 Å². The average Bonchev–Trinajstić information content (AvgIpc) is 2.73. The van der Waals surface area contributed by atoms with Gasteiger partial charge in [-0.2, -0.15) is 0 Å². The quantitative estimate of drug-likeness (QED) is 0.603. The Balaban J connectivity index is 2.36. The lowest BCUT2D eigenvalue weighted by Crippen LogP contribution is -2.32. The van der Waals surface area contributed by atoms with Crippen LogP contribution in [0.1, 0.15) is 26.7 Å². The van der Waals surface area contributed by atoms with Crippen molar-refractivity contribution in [3.05, 3.63) is 45.8 Å². The lowest BCUT2D eigenvalue weighted by atomic mass is 10.3. The molecule has 2 aliphatic rings. The molecular weight excluding hydrogens is 196 g/mol. The minimum absolute atomic E-state index is 1.15. The Bertz CT molecular complexity index is 365. The van der Waals surface area contributed by atoms with Gasteiger partial charge in [0.1, 0.15) is 8.07 Å². The highest BCUT2D eigenvalue weighted by Gasteiger charge is 2.33. The molecule has 0 aromatic carbocycles. The minimum atomic E-state index is -1.38. The van der Waals surface area contributed by atoms with Crippen LogP contribution in [0.3, 0.4) is 0 Å². The lowest BCUT2D eigenvalue weighted by Gasteiger charge is -2.28. The van der Waals surface area contributed by atoms with Crippen LogP contribution < -0.4 is 0 Å². The zero-order valence-electron chi connectivity index (χ0n) is 10.2. The van der Waals surface area contributed by atoms with E-state index < -0.39 is 8.07 Å². The molecule has 0 N–H and O–H groups in total. The van der Waals surface area contributed by atoms with Gasteiger partial charge in [-0.05, 0) is 26.7 Å². The first-order valence-electron chi connectivity index (χ1n) is 5.79. The van der Waals surface area contributed by atoms with Crippen LogP contribution in [-0.2, 0) is 0 Å². The molecule has 0 aliphatic heterocycles. The van der Waals surface area contributed by atoms with Crippen LogP contribution in [0.2, 0.25) is 13.1 Å². The predicted octanol–water partition coefficient (Wildman–Crippen LogP) is 4.33. The van der Waals surface area contributed by atoms with Gasteiger partial charge >= 0.3 is 0 Å². The molecule has 0 saturated heterocycles. The van der Waals surface area contributed by atoms with E-state index in [0.29, 0.717) is 0 Å². The predicted molar refractivity (Wildman–Crippen MR) is 70.4 cm³/mol. The normalized spacial score (nSPS) is 21.1. The van der Waals surface area contributed by atoms with E-state index >= 15 is 0 Å². The molecule has 0 aromatic rings. The summed E-state index contributed by atoms with van der Waals surface area (Å²) in [6.45, 7) is 9.50. The van der Waals surface area contributed by atoms with Gasteiger partial charge in [0.15, 0.2) is 0 Å². The van der Waals surface area contributed by atoms with E-state index in [1.54, 1.807) is 10.4 Å². The monoisotopic (exact) mass is 216 g/mol. The maximum absolute atomic E-state index is 2.48. The van der Waals surface area contributed by atoms with Crippen LogP contribution in [-0.4, -0.2) is 8.07 Å². The van der Waals surface area contributed by atoms with E-state index in [0.717, 1.165) is 12.8 Å². The minimum Gasteiger partial charge on any atom is -0.0808 e. The molecule has 0 heterocycles. The van der Waals surface area contributed by atoms with Crippen LogP contribution in [0.4, 0.5) is 0 Å². The van der Waals surface area contributed by atoms with Gasteiger partial charge in [0.05, 0.1) is 0 Å². The molecule has 0 saturated carbocycles. The van der Waals surface area contributed by atoms with Gasteiger partial charge in [0, 0.05) is 0 Å². The maximum Gasteiger partial charge on any atom is 0.112 e. The smallest absolute Gasteiger partial charge is 0.0808 e. The largest absolute Gasteiger partial charge is 0.112 e. The first kappa shape index (κ1) is 10.7. The third-order valence-electron chi connectivity index (χ3n) is 3.69. The molecule has 0 unspecified atom stereocenters. The van der Waals surface area contributed by atoms with Gasteiger partial charge < -0.3 is 0 Å². The molecule has 0 aromatic heterocycles. The summed E-state index contributed by atoms with van der Waals surface area (Å²) in [5.41, 5.74) is 3.04. The Morgan fingerprint density at radius 2 is 1.20 bits per heavy atom. The second kappa shape index (κ2) is 3.64. The second-order valence-corrected chi connectivity index (χ2v) is 9.43. The van der Waals surface area contributed by atoms with Crippen molar-refractivity contribution in [1.29, 1.82) is 0 Å². The molecule has 1 heteroatoms. The summed E-state index contributed by atoms with van der Waals surface area (Å²) in [5.74, 6) is 0. The molecule has 2 rings (SSSR count). The van der Waals surface area contributed by atoms with E-state index in [4.69, 9.17) is 0 Å². The van der Waals surface area contributed by atoms with Crippen LogP contribution in [0.25, 0.3) is 0 Å². The molecule has 2 aliphatic carbocycles. The Hall–Kier alpha value is -0.823. The molecular formula is C14H20Si. The third-order valence-corrected chi connectivity index (χ3v) is 7.58. The zero-order chi connectivity index (χ0) is 11.1. The van der Waals surface area contributed by atoms with Crippen molar-refractivity contribution in [3.8, 4) is 0 Å². The molecule has 15 heavy (non-hydrogen) atoms. The van der Waals surface area contributed by atoms with Crippen molar-refractivity contribution in [2.45, 2.75) is 39.8 Å². The Morgan fingerprint density at radius 1 is 0.800 bits per heavy atom. The summed E-state index contributed by atoms with van der Waals surface area (Å²) < 4.78 is 0. The highest BCUT2D eigenvalue weighted by Crippen LogP contribution is 2.37.